The standard InChI is InChI=1S/C10H17N3O/c1-4-10(3,7-11)13-9(14)6-5-8(2)12-13/h5-6H,4,7,11H2,1-3H3. The van der Waals surface area contributed by atoms with E-state index in [0.29, 0.717) is 6.54 Å². The van der Waals surface area contributed by atoms with Crippen molar-refractivity contribution in [2.75, 3.05) is 6.54 Å². The fourth-order valence-corrected chi connectivity index (χ4v) is 1.27. The van der Waals surface area contributed by atoms with Crippen LogP contribution in [-0.4, -0.2) is 16.3 Å². The van der Waals surface area contributed by atoms with E-state index in [-0.39, 0.29) is 11.1 Å². The van der Waals surface area contributed by atoms with Crippen LogP contribution < -0.4 is 11.3 Å². The maximum absolute atomic E-state index is 11.6. The molecule has 1 aromatic heterocycles. The summed E-state index contributed by atoms with van der Waals surface area (Å²) < 4.78 is 1.49. The van der Waals surface area contributed by atoms with E-state index in [9.17, 15) is 4.79 Å². The Kier molecular flexibility index (Phi) is 3.06. The summed E-state index contributed by atoms with van der Waals surface area (Å²) in [7, 11) is 0. The minimum absolute atomic E-state index is 0.0922. The number of hydrogen-bond acceptors (Lipinski definition) is 3. The lowest BCUT2D eigenvalue weighted by Crippen LogP contribution is -2.45. The highest BCUT2D eigenvalue weighted by Gasteiger charge is 2.24. The molecule has 4 heteroatoms. The quantitative estimate of drug-likeness (QED) is 0.769. The van der Waals surface area contributed by atoms with Crippen molar-refractivity contribution in [2.24, 2.45) is 5.73 Å². The van der Waals surface area contributed by atoms with Crippen LogP contribution in [0.2, 0.25) is 0 Å². The van der Waals surface area contributed by atoms with Crippen LogP contribution in [0.15, 0.2) is 16.9 Å². The van der Waals surface area contributed by atoms with Crippen molar-refractivity contribution in [3.8, 4) is 0 Å². The largest absolute Gasteiger partial charge is 0.328 e. The van der Waals surface area contributed by atoms with E-state index >= 15 is 0 Å². The lowest BCUT2D eigenvalue weighted by atomic mass is 9.99. The average molecular weight is 195 g/mol. The molecule has 14 heavy (non-hydrogen) atoms. The number of aromatic nitrogens is 2. The fourth-order valence-electron chi connectivity index (χ4n) is 1.27. The molecule has 1 unspecified atom stereocenters. The number of rotatable bonds is 3. The van der Waals surface area contributed by atoms with Crippen LogP contribution in [0.3, 0.4) is 0 Å². The minimum atomic E-state index is -0.372. The van der Waals surface area contributed by atoms with Gasteiger partial charge in [-0.3, -0.25) is 4.79 Å². The Morgan fingerprint density at radius 1 is 1.57 bits per heavy atom. The molecule has 78 valence electrons. The SMILES string of the molecule is CCC(C)(CN)n1nc(C)ccc1=O. The average Bonchev–Trinajstić information content (AvgIpc) is 2.20. The first-order valence-corrected chi connectivity index (χ1v) is 4.81. The molecule has 0 aliphatic heterocycles. The summed E-state index contributed by atoms with van der Waals surface area (Å²) in [6.07, 6.45) is 0.792. The normalized spacial score (nSPS) is 15.1. The van der Waals surface area contributed by atoms with Crippen molar-refractivity contribution in [1.29, 1.82) is 0 Å². The molecule has 0 bridgehead atoms. The number of aryl methyl sites for hydroxylation is 1. The number of nitrogens with zero attached hydrogens (tertiary/aromatic N) is 2. The third kappa shape index (κ3) is 1.85. The Labute approximate surface area is 83.7 Å². The van der Waals surface area contributed by atoms with Gasteiger partial charge in [0.15, 0.2) is 0 Å². The van der Waals surface area contributed by atoms with Gasteiger partial charge in [-0.05, 0) is 26.3 Å². The lowest BCUT2D eigenvalue weighted by Gasteiger charge is -2.27. The molecular weight excluding hydrogens is 178 g/mol. The topological polar surface area (TPSA) is 60.9 Å². The van der Waals surface area contributed by atoms with Crippen molar-refractivity contribution < 1.29 is 0 Å². The molecule has 4 nitrogen and oxygen atoms in total. The molecule has 0 saturated carbocycles. The summed E-state index contributed by atoms with van der Waals surface area (Å²) in [6, 6.07) is 3.25. The van der Waals surface area contributed by atoms with Gasteiger partial charge < -0.3 is 5.73 Å². The predicted octanol–water partition coefficient (Wildman–Crippen LogP) is 0.636. The highest BCUT2D eigenvalue weighted by Crippen LogP contribution is 2.14. The van der Waals surface area contributed by atoms with Crippen molar-refractivity contribution in [2.45, 2.75) is 32.7 Å². The van der Waals surface area contributed by atoms with E-state index in [4.69, 9.17) is 5.73 Å². The molecule has 0 aliphatic rings. The van der Waals surface area contributed by atoms with Crippen molar-refractivity contribution >= 4 is 0 Å². The Bertz CT molecular complexity index is 366. The second-order valence-electron chi connectivity index (χ2n) is 3.78. The molecule has 0 radical (unpaired) electrons. The van der Waals surface area contributed by atoms with E-state index in [0.717, 1.165) is 12.1 Å². The lowest BCUT2D eigenvalue weighted by molar-refractivity contribution is 0.270. The molecular formula is C10H17N3O. The highest BCUT2D eigenvalue weighted by molar-refractivity contribution is 4.99. The van der Waals surface area contributed by atoms with E-state index in [1.54, 1.807) is 6.07 Å². The summed E-state index contributed by atoms with van der Waals surface area (Å²) in [6.45, 7) is 6.23. The van der Waals surface area contributed by atoms with Gasteiger partial charge in [0, 0.05) is 12.6 Å². The van der Waals surface area contributed by atoms with Gasteiger partial charge >= 0.3 is 0 Å². The van der Waals surface area contributed by atoms with Crippen molar-refractivity contribution in [3.05, 3.63) is 28.2 Å². The summed E-state index contributed by atoms with van der Waals surface area (Å²) in [4.78, 5) is 11.6. The molecule has 1 aromatic rings. The van der Waals surface area contributed by atoms with Gasteiger partial charge in [0.25, 0.3) is 5.56 Å². The van der Waals surface area contributed by atoms with Gasteiger partial charge in [-0.1, -0.05) is 6.92 Å². The van der Waals surface area contributed by atoms with E-state index in [2.05, 4.69) is 5.10 Å². The Morgan fingerprint density at radius 3 is 2.71 bits per heavy atom. The van der Waals surface area contributed by atoms with Crippen LogP contribution in [-0.2, 0) is 5.54 Å². The first-order valence-electron chi connectivity index (χ1n) is 4.81. The molecule has 0 saturated heterocycles. The van der Waals surface area contributed by atoms with Gasteiger partial charge in [-0.2, -0.15) is 5.10 Å². The number of nitrogens with two attached hydrogens (primary N) is 1. The summed E-state index contributed by atoms with van der Waals surface area (Å²) in [5.74, 6) is 0. The molecule has 1 rings (SSSR count). The third-order valence-electron chi connectivity index (χ3n) is 2.65. The van der Waals surface area contributed by atoms with Crippen LogP contribution >= 0.6 is 0 Å². The first kappa shape index (κ1) is 10.9. The van der Waals surface area contributed by atoms with E-state index < -0.39 is 0 Å². The summed E-state index contributed by atoms with van der Waals surface area (Å²) >= 11 is 0. The van der Waals surface area contributed by atoms with Crippen LogP contribution in [0, 0.1) is 6.92 Å². The molecule has 0 aliphatic carbocycles. The van der Waals surface area contributed by atoms with Gasteiger partial charge in [-0.15, -0.1) is 0 Å². The molecule has 0 fully saturated rings. The molecule has 1 heterocycles. The summed E-state index contributed by atoms with van der Waals surface area (Å²) in [5, 5.41) is 4.21. The first-order chi connectivity index (χ1) is 6.53. The smallest absolute Gasteiger partial charge is 0.267 e. The second kappa shape index (κ2) is 3.92. The zero-order chi connectivity index (χ0) is 10.8. The predicted molar refractivity (Wildman–Crippen MR) is 56.2 cm³/mol. The van der Waals surface area contributed by atoms with Crippen molar-refractivity contribution in [1.82, 2.24) is 9.78 Å². The monoisotopic (exact) mass is 195 g/mol. The third-order valence-corrected chi connectivity index (χ3v) is 2.65. The molecule has 0 amide bonds. The zero-order valence-electron chi connectivity index (χ0n) is 8.95. The molecule has 1 atom stereocenters. The van der Waals surface area contributed by atoms with Crippen LogP contribution in [0.4, 0.5) is 0 Å². The van der Waals surface area contributed by atoms with Gasteiger partial charge in [0.05, 0.1) is 11.2 Å². The van der Waals surface area contributed by atoms with Gasteiger partial charge in [0.1, 0.15) is 0 Å². The van der Waals surface area contributed by atoms with Crippen LogP contribution in [0.5, 0.6) is 0 Å². The van der Waals surface area contributed by atoms with Crippen LogP contribution in [0.25, 0.3) is 0 Å². The Balaban J connectivity index is 3.29. The van der Waals surface area contributed by atoms with Gasteiger partial charge in [0.2, 0.25) is 0 Å². The fraction of sp³-hybridized carbons (Fsp3) is 0.600. The Hall–Kier alpha value is -1.16. The van der Waals surface area contributed by atoms with Crippen molar-refractivity contribution in [3.63, 3.8) is 0 Å². The summed E-state index contributed by atoms with van der Waals surface area (Å²) in [5.41, 5.74) is 6.04. The maximum Gasteiger partial charge on any atom is 0.267 e. The second-order valence-corrected chi connectivity index (χ2v) is 3.78. The van der Waals surface area contributed by atoms with Gasteiger partial charge in [-0.25, -0.2) is 4.68 Å². The Morgan fingerprint density at radius 2 is 2.21 bits per heavy atom. The number of hydrogen-bond donors (Lipinski definition) is 1. The minimum Gasteiger partial charge on any atom is -0.328 e. The molecule has 2 N–H and O–H groups in total. The van der Waals surface area contributed by atoms with Crippen LogP contribution in [0.1, 0.15) is 26.0 Å². The molecule has 0 aromatic carbocycles. The van der Waals surface area contributed by atoms with E-state index in [1.807, 2.05) is 20.8 Å². The van der Waals surface area contributed by atoms with E-state index in [1.165, 1.54) is 10.7 Å². The highest BCUT2D eigenvalue weighted by atomic mass is 16.1. The zero-order valence-corrected chi connectivity index (χ0v) is 8.95. The molecule has 0 spiro atoms. The maximum atomic E-state index is 11.6.